The summed E-state index contributed by atoms with van der Waals surface area (Å²) in [5.74, 6) is 0. The van der Waals surface area contributed by atoms with Gasteiger partial charge in [0.25, 0.3) is 0 Å². The first kappa shape index (κ1) is 18.7. The molecule has 0 spiro atoms. The van der Waals surface area contributed by atoms with Crippen LogP contribution in [0.1, 0.15) is 31.4 Å². The molecule has 1 aliphatic carbocycles. The van der Waals surface area contributed by atoms with E-state index >= 15 is 0 Å². The second-order valence-corrected chi connectivity index (χ2v) is 11.9. The Balaban J connectivity index is 2.16. The smallest absolute Gasteiger partial charge is 0.0776 e. The van der Waals surface area contributed by atoms with E-state index < -0.39 is 8.07 Å². The highest BCUT2D eigenvalue weighted by Crippen LogP contribution is 2.32. The Morgan fingerprint density at radius 3 is 1.54 bits per heavy atom. The van der Waals surface area contributed by atoms with Gasteiger partial charge in [-0.05, 0) is 49.7 Å². The summed E-state index contributed by atoms with van der Waals surface area (Å²) in [5.41, 5.74) is 5.61. The van der Waals surface area contributed by atoms with Gasteiger partial charge in [-0.3, -0.25) is 0 Å². The Morgan fingerprint density at radius 1 is 0.607 bits per heavy atom. The Kier molecular flexibility index (Phi) is 4.95. The fourth-order valence-electron chi connectivity index (χ4n) is 4.82. The minimum atomic E-state index is -2.33. The van der Waals surface area contributed by atoms with Crippen molar-refractivity contribution in [1.82, 2.24) is 0 Å². The Bertz CT molecular complexity index is 996. The molecule has 0 unspecified atom stereocenters. The van der Waals surface area contributed by atoms with Gasteiger partial charge in [0.15, 0.2) is 8.07 Å². The van der Waals surface area contributed by atoms with Crippen LogP contribution >= 0.6 is 0 Å². The maximum absolute atomic E-state index is 2.44. The topological polar surface area (TPSA) is 0 Å². The fraction of sp³-hybridized carbons (Fsp3) is 0.185. The molecule has 0 saturated carbocycles. The predicted octanol–water partition coefficient (Wildman–Crippen LogP) is 4.98. The maximum Gasteiger partial charge on any atom is 0.176 e. The lowest BCUT2D eigenvalue weighted by Gasteiger charge is -2.36. The molecule has 1 heteroatoms. The van der Waals surface area contributed by atoms with Gasteiger partial charge in [0.2, 0.25) is 0 Å². The van der Waals surface area contributed by atoms with Crippen LogP contribution in [0.5, 0.6) is 0 Å². The molecule has 4 rings (SSSR count). The van der Waals surface area contributed by atoms with Gasteiger partial charge in [0, 0.05) is 0 Å². The maximum atomic E-state index is 2.44. The van der Waals surface area contributed by atoms with E-state index in [2.05, 4.69) is 113 Å². The van der Waals surface area contributed by atoms with Crippen molar-refractivity contribution in [2.75, 3.05) is 0 Å². The van der Waals surface area contributed by atoms with Crippen molar-refractivity contribution in [2.24, 2.45) is 0 Å². The molecule has 0 fully saturated rings. The monoisotopic (exact) mass is 380 g/mol. The molecule has 0 radical (unpaired) electrons. The van der Waals surface area contributed by atoms with E-state index in [1.54, 1.807) is 5.20 Å². The summed E-state index contributed by atoms with van der Waals surface area (Å²) >= 11 is 0. The molecule has 0 aliphatic heterocycles. The zero-order valence-corrected chi connectivity index (χ0v) is 18.3. The number of rotatable bonds is 4. The number of allylic oxidation sites excluding steroid dienone is 4. The van der Waals surface area contributed by atoms with Crippen LogP contribution in [-0.4, -0.2) is 8.07 Å². The van der Waals surface area contributed by atoms with E-state index in [0.717, 1.165) is 6.42 Å². The van der Waals surface area contributed by atoms with Gasteiger partial charge in [-0.25, -0.2) is 0 Å². The molecule has 140 valence electrons. The summed E-state index contributed by atoms with van der Waals surface area (Å²) < 4.78 is 0. The van der Waals surface area contributed by atoms with Gasteiger partial charge in [0.1, 0.15) is 0 Å². The summed E-state index contributed by atoms with van der Waals surface area (Å²) in [4.78, 5) is 0. The standard InChI is InChI=1S/C27H28Si/c1-20-17-21(2)19-26(18-20)28(24-11-7-5-8-12-24,25-13-9-6-10-14-25)27-16-15-22(3)23(27)4/h5-15,17-19H,16H2,1-4H3. The van der Waals surface area contributed by atoms with Gasteiger partial charge in [-0.15, -0.1) is 0 Å². The summed E-state index contributed by atoms with van der Waals surface area (Å²) in [6.07, 6.45) is 3.47. The van der Waals surface area contributed by atoms with E-state index in [0.29, 0.717) is 0 Å². The van der Waals surface area contributed by atoms with Crippen molar-refractivity contribution in [3.05, 3.63) is 112 Å². The van der Waals surface area contributed by atoms with Crippen LogP contribution in [0.3, 0.4) is 0 Å². The quantitative estimate of drug-likeness (QED) is 0.442. The second-order valence-electron chi connectivity index (χ2n) is 8.05. The van der Waals surface area contributed by atoms with Crippen LogP contribution in [0.15, 0.2) is 101 Å². The van der Waals surface area contributed by atoms with Crippen molar-refractivity contribution in [1.29, 1.82) is 0 Å². The van der Waals surface area contributed by atoms with Crippen molar-refractivity contribution in [2.45, 2.75) is 34.1 Å². The molecule has 0 atom stereocenters. The average Bonchev–Trinajstić information content (AvgIpc) is 3.03. The highest BCUT2D eigenvalue weighted by Gasteiger charge is 2.44. The molecule has 1 aliphatic rings. The number of aryl methyl sites for hydroxylation is 2. The molecular weight excluding hydrogens is 352 g/mol. The predicted molar refractivity (Wildman–Crippen MR) is 125 cm³/mol. The van der Waals surface area contributed by atoms with Gasteiger partial charge < -0.3 is 0 Å². The molecule has 3 aromatic carbocycles. The Hall–Kier alpha value is -2.64. The van der Waals surface area contributed by atoms with Crippen LogP contribution in [0.2, 0.25) is 0 Å². The fourth-order valence-corrected chi connectivity index (χ4v) is 10.3. The first-order valence-electron chi connectivity index (χ1n) is 10.1. The number of hydrogen-bond donors (Lipinski definition) is 0. The Morgan fingerprint density at radius 2 is 1.11 bits per heavy atom. The second kappa shape index (κ2) is 7.41. The van der Waals surface area contributed by atoms with Gasteiger partial charge in [-0.1, -0.05) is 112 Å². The first-order chi connectivity index (χ1) is 13.5. The summed E-state index contributed by atoms with van der Waals surface area (Å²) in [7, 11) is -2.33. The van der Waals surface area contributed by atoms with E-state index in [1.807, 2.05) is 0 Å². The van der Waals surface area contributed by atoms with Crippen molar-refractivity contribution >= 4 is 23.6 Å². The summed E-state index contributed by atoms with van der Waals surface area (Å²) in [6.45, 7) is 9.04. The molecule has 0 aromatic heterocycles. The highest BCUT2D eigenvalue weighted by molar-refractivity contribution is 7.16. The van der Waals surface area contributed by atoms with Crippen LogP contribution in [0, 0.1) is 13.8 Å². The van der Waals surface area contributed by atoms with E-state index in [1.165, 1.54) is 37.8 Å². The normalized spacial score (nSPS) is 14.4. The van der Waals surface area contributed by atoms with E-state index in [-0.39, 0.29) is 0 Å². The molecule has 0 amide bonds. The van der Waals surface area contributed by atoms with Crippen molar-refractivity contribution < 1.29 is 0 Å². The first-order valence-corrected chi connectivity index (χ1v) is 12.1. The van der Waals surface area contributed by atoms with Crippen LogP contribution in [0.4, 0.5) is 0 Å². The lowest BCUT2D eigenvalue weighted by atomic mass is 10.2. The number of benzene rings is 3. The minimum absolute atomic E-state index is 1.06. The molecule has 0 bridgehead atoms. The molecule has 0 nitrogen and oxygen atoms in total. The SMILES string of the molecule is CC1=CCC([Si](c2ccccc2)(c2ccccc2)c2cc(C)cc(C)c2)=C1C. The summed E-state index contributed by atoms with van der Waals surface area (Å²) in [5, 5.41) is 6.08. The Labute approximate surface area is 170 Å². The average molecular weight is 381 g/mol. The molecule has 0 heterocycles. The molecule has 0 N–H and O–H groups in total. The number of hydrogen-bond acceptors (Lipinski definition) is 0. The zero-order chi connectivity index (χ0) is 19.7. The van der Waals surface area contributed by atoms with Gasteiger partial charge >= 0.3 is 0 Å². The van der Waals surface area contributed by atoms with E-state index in [4.69, 9.17) is 0 Å². The molecule has 3 aromatic rings. The van der Waals surface area contributed by atoms with Gasteiger partial charge in [0.05, 0.1) is 0 Å². The van der Waals surface area contributed by atoms with E-state index in [9.17, 15) is 0 Å². The highest BCUT2D eigenvalue weighted by atomic mass is 28.3. The molecule has 28 heavy (non-hydrogen) atoms. The third-order valence-corrected chi connectivity index (χ3v) is 11.2. The van der Waals surface area contributed by atoms with Crippen molar-refractivity contribution in [3.8, 4) is 0 Å². The third-order valence-electron chi connectivity index (χ3n) is 6.18. The molecular formula is C27H28Si. The lowest BCUT2D eigenvalue weighted by molar-refractivity contribution is 1.33. The third kappa shape index (κ3) is 3.00. The zero-order valence-electron chi connectivity index (χ0n) is 17.3. The van der Waals surface area contributed by atoms with Crippen LogP contribution < -0.4 is 15.6 Å². The van der Waals surface area contributed by atoms with Crippen LogP contribution in [0.25, 0.3) is 0 Å². The van der Waals surface area contributed by atoms with Gasteiger partial charge in [-0.2, -0.15) is 0 Å². The van der Waals surface area contributed by atoms with Crippen molar-refractivity contribution in [3.63, 3.8) is 0 Å². The largest absolute Gasteiger partial charge is 0.176 e. The minimum Gasteiger partial charge on any atom is -0.0776 e. The molecule has 0 saturated heterocycles. The summed E-state index contributed by atoms with van der Waals surface area (Å²) in [6, 6.07) is 29.6. The lowest BCUT2D eigenvalue weighted by Crippen LogP contribution is -2.68. The van der Waals surface area contributed by atoms with Crippen LogP contribution in [-0.2, 0) is 0 Å².